The number of rotatable bonds is 3. The number of fused-ring (bicyclic) bond motifs is 2. The van der Waals surface area contributed by atoms with E-state index in [1.54, 1.807) is 12.1 Å². The van der Waals surface area contributed by atoms with Gasteiger partial charge in [-0.05, 0) is 79.7 Å². The summed E-state index contributed by atoms with van der Waals surface area (Å²) in [7, 11) is 0. The zero-order chi connectivity index (χ0) is 12.8. The van der Waals surface area contributed by atoms with Crippen LogP contribution in [0.3, 0.4) is 0 Å². The van der Waals surface area contributed by atoms with Gasteiger partial charge in [0.1, 0.15) is 5.82 Å². The molecule has 3 unspecified atom stereocenters. The normalized spacial score (nSPS) is 34.2. The van der Waals surface area contributed by atoms with Crippen molar-refractivity contribution in [1.29, 1.82) is 0 Å². The Morgan fingerprint density at radius 2 is 2.22 bits per heavy atom. The van der Waals surface area contributed by atoms with Crippen LogP contribution in [-0.2, 0) is 6.42 Å². The van der Waals surface area contributed by atoms with Crippen molar-refractivity contribution in [2.75, 3.05) is 6.54 Å². The smallest absolute Gasteiger partial charge is 0.123 e. The molecule has 3 atom stereocenters. The minimum atomic E-state index is -0.133. The molecule has 2 fully saturated rings. The van der Waals surface area contributed by atoms with E-state index in [9.17, 15) is 4.39 Å². The van der Waals surface area contributed by atoms with Crippen molar-refractivity contribution in [2.45, 2.75) is 39.0 Å². The predicted octanol–water partition coefficient (Wildman–Crippen LogP) is 3.44. The molecule has 0 aliphatic heterocycles. The van der Waals surface area contributed by atoms with E-state index in [0.29, 0.717) is 5.41 Å². The first-order chi connectivity index (χ1) is 8.63. The molecule has 1 aromatic rings. The van der Waals surface area contributed by atoms with E-state index in [4.69, 9.17) is 5.73 Å². The molecule has 0 saturated heterocycles. The molecule has 2 N–H and O–H groups in total. The zero-order valence-electron chi connectivity index (χ0n) is 11.1. The summed E-state index contributed by atoms with van der Waals surface area (Å²) in [5, 5.41) is 0. The van der Waals surface area contributed by atoms with Crippen LogP contribution >= 0.6 is 0 Å². The van der Waals surface area contributed by atoms with E-state index >= 15 is 0 Å². The van der Waals surface area contributed by atoms with E-state index in [1.165, 1.54) is 31.2 Å². The van der Waals surface area contributed by atoms with Crippen molar-refractivity contribution in [3.63, 3.8) is 0 Å². The topological polar surface area (TPSA) is 26.0 Å². The maximum atomic E-state index is 13.2. The second kappa shape index (κ2) is 4.34. The third-order valence-electron chi connectivity index (χ3n) is 5.36. The molecule has 1 aromatic carbocycles. The van der Waals surface area contributed by atoms with E-state index < -0.39 is 0 Å². The van der Waals surface area contributed by atoms with Gasteiger partial charge in [0, 0.05) is 0 Å². The average molecular weight is 247 g/mol. The van der Waals surface area contributed by atoms with Crippen LogP contribution in [0.5, 0.6) is 0 Å². The Kier molecular flexibility index (Phi) is 2.93. The van der Waals surface area contributed by atoms with Gasteiger partial charge in [-0.3, -0.25) is 0 Å². The second-order valence-corrected chi connectivity index (χ2v) is 6.39. The van der Waals surface area contributed by atoms with Gasteiger partial charge < -0.3 is 5.73 Å². The molecular weight excluding hydrogens is 225 g/mol. The summed E-state index contributed by atoms with van der Waals surface area (Å²) in [6, 6.07) is 5.18. The summed E-state index contributed by atoms with van der Waals surface area (Å²) in [6.07, 6.45) is 6.44. The van der Waals surface area contributed by atoms with E-state index in [0.717, 1.165) is 30.4 Å². The zero-order valence-corrected chi connectivity index (χ0v) is 11.1. The minimum absolute atomic E-state index is 0.133. The molecule has 2 bridgehead atoms. The molecule has 2 aliphatic rings. The van der Waals surface area contributed by atoms with Crippen molar-refractivity contribution in [1.82, 2.24) is 0 Å². The van der Waals surface area contributed by atoms with Gasteiger partial charge in [-0.2, -0.15) is 0 Å². The summed E-state index contributed by atoms with van der Waals surface area (Å²) in [5.41, 5.74) is 8.77. The molecule has 98 valence electrons. The average Bonchev–Trinajstić information content (AvgIpc) is 2.93. The second-order valence-electron chi connectivity index (χ2n) is 6.39. The Morgan fingerprint density at radius 3 is 2.78 bits per heavy atom. The maximum Gasteiger partial charge on any atom is 0.123 e. The molecule has 2 aliphatic carbocycles. The number of benzene rings is 1. The molecule has 1 nitrogen and oxygen atoms in total. The summed E-state index contributed by atoms with van der Waals surface area (Å²) in [4.78, 5) is 0. The lowest BCUT2D eigenvalue weighted by Gasteiger charge is -2.37. The van der Waals surface area contributed by atoms with Crippen molar-refractivity contribution in [3.8, 4) is 0 Å². The molecule has 3 rings (SSSR count). The molecule has 2 heteroatoms. The van der Waals surface area contributed by atoms with Crippen molar-refractivity contribution in [3.05, 3.63) is 35.1 Å². The van der Waals surface area contributed by atoms with Gasteiger partial charge in [-0.15, -0.1) is 0 Å². The SMILES string of the molecule is Cc1cc(F)ccc1CC1(CN)CC2CCC1C2. The fourth-order valence-electron chi connectivity index (χ4n) is 4.33. The van der Waals surface area contributed by atoms with Crippen LogP contribution < -0.4 is 5.73 Å². The van der Waals surface area contributed by atoms with Crippen LogP contribution in [0.25, 0.3) is 0 Å². The first kappa shape index (κ1) is 12.2. The highest BCUT2D eigenvalue weighted by Crippen LogP contribution is 2.56. The lowest BCUT2D eigenvalue weighted by Crippen LogP contribution is -2.38. The van der Waals surface area contributed by atoms with Gasteiger partial charge in [0.05, 0.1) is 0 Å². The Morgan fingerprint density at radius 1 is 1.39 bits per heavy atom. The third kappa shape index (κ3) is 1.87. The van der Waals surface area contributed by atoms with Crippen molar-refractivity contribution < 1.29 is 4.39 Å². The number of nitrogens with two attached hydrogens (primary N) is 1. The van der Waals surface area contributed by atoms with Crippen LogP contribution in [0.2, 0.25) is 0 Å². The molecule has 0 radical (unpaired) electrons. The first-order valence-corrected chi connectivity index (χ1v) is 7.08. The fraction of sp³-hybridized carbons (Fsp3) is 0.625. The fourth-order valence-corrected chi connectivity index (χ4v) is 4.33. The standard InChI is InChI=1S/C16H22FN/c1-11-6-15(17)5-3-13(11)9-16(10-18)8-12-2-4-14(16)7-12/h3,5-6,12,14H,2,4,7-10,18H2,1H3. The highest BCUT2D eigenvalue weighted by molar-refractivity contribution is 5.28. The quantitative estimate of drug-likeness (QED) is 0.870. The highest BCUT2D eigenvalue weighted by Gasteiger charge is 2.49. The van der Waals surface area contributed by atoms with Crippen LogP contribution in [0.4, 0.5) is 4.39 Å². The predicted molar refractivity (Wildman–Crippen MR) is 71.8 cm³/mol. The summed E-state index contributed by atoms with van der Waals surface area (Å²) < 4.78 is 13.2. The summed E-state index contributed by atoms with van der Waals surface area (Å²) in [6.45, 7) is 2.79. The van der Waals surface area contributed by atoms with Crippen molar-refractivity contribution >= 4 is 0 Å². The molecule has 18 heavy (non-hydrogen) atoms. The molecular formula is C16H22FN. The van der Waals surface area contributed by atoms with Gasteiger partial charge in [0.15, 0.2) is 0 Å². The maximum absolute atomic E-state index is 13.2. The van der Waals surface area contributed by atoms with Gasteiger partial charge in [-0.25, -0.2) is 4.39 Å². The molecule has 0 amide bonds. The van der Waals surface area contributed by atoms with Gasteiger partial charge in [0.25, 0.3) is 0 Å². The van der Waals surface area contributed by atoms with Crippen LogP contribution in [0.15, 0.2) is 18.2 Å². The van der Waals surface area contributed by atoms with E-state index in [1.807, 2.05) is 13.0 Å². The molecule has 0 aromatic heterocycles. The summed E-state index contributed by atoms with van der Waals surface area (Å²) >= 11 is 0. The lowest BCUT2D eigenvalue weighted by molar-refractivity contribution is 0.171. The van der Waals surface area contributed by atoms with E-state index in [2.05, 4.69) is 0 Å². The molecule has 2 saturated carbocycles. The Labute approximate surface area is 109 Å². The number of aryl methyl sites for hydroxylation is 1. The Hall–Kier alpha value is -0.890. The lowest BCUT2D eigenvalue weighted by atomic mass is 9.69. The molecule has 0 heterocycles. The highest BCUT2D eigenvalue weighted by atomic mass is 19.1. The van der Waals surface area contributed by atoms with Crippen LogP contribution in [0.1, 0.15) is 36.8 Å². The minimum Gasteiger partial charge on any atom is -0.330 e. The number of halogens is 1. The van der Waals surface area contributed by atoms with Gasteiger partial charge >= 0.3 is 0 Å². The van der Waals surface area contributed by atoms with Gasteiger partial charge in [-0.1, -0.05) is 12.5 Å². The van der Waals surface area contributed by atoms with Crippen molar-refractivity contribution in [2.24, 2.45) is 23.0 Å². The van der Waals surface area contributed by atoms with Crippen LogP contribution in [0, 0.1) is 30.0 Å². The number of hydrogen-bond acceptors (Lipinski definition) is 1. The van der Waals surface area contributed by atoms with Gasteiger partial charge in [0.2, 0.25) is 0 Å². The number of hydrogen-bond donors (Lipinski definition) is 1. The first-order valence-electron chi connectivity index (χ1n) is 7.08. The van der Waals surface area contributed by atoms with Crippen LogP contribution in [-0.4, -0.2) is 6.54 Å². The third-order valence-corrected chi connectivity index (χ3v) is 5.36. The Balaban J connectivity index is 1.86. The summed E-state index contributed by atoms with van der Waals surface area (Å²) in [5.74, 6) is 1.57. The van der Waals surface area contributed by atoms with E-state index in [-0.39, 0.29) is 5.82 Å². The largest absolute Gasteiger partial charge is 0.330 e. The Bertz CT molecular complexity index is 456. The monoisotopic (exact) mass is 247 g/mol. The molecule has 0 spiro atoms.